The molecule has 0 unspecified atom stereocenters. The van der Waals surface area contributed by atoms with E-state index in [4.69, 9.17) is 39.5 Å². The molecule has 1 amide bonds. The molecule has 0 aliphatic heterocycles. The number of nitrogens with zero attached hydrogens (tertiary/aromatic N) is 3. The van der Waals surface area contributed by atoms with E-state index in [-0.39, 0.29) is 10.6 Å². The summed E-state index contributed by atoms with van der Waals surface area (Å²) in [6.45, 7) is 5.59. The predicted octanol–water partition coefficient (Wildman–Crippen LogP) is 6.80. The second kappa shape index (κ2) is 13.0. The molecule has 214 valence electrons. The van der Waals surface area contributed by atoms with Gasteiger partial charge in [-0.25, -0.2) is 13.8 Å². The van der Waals surface area contributed by atoms with Crippen molar-refractivity contribution in [3.8, 4) is 11.4 Å². The summed E-state index contributed by atoms with van der Waals surface area (Å²) in [5.41, 5.74) is 5.88. The minimum absolute atomic E-state index is 0.0146. The van der Waals surface area contributed by atoms with Gasteiger partial charge in [-0.05, 0) is 93.6 Å². The number of benzene rings is 3. The van der Waals surface area contributed by atoms with Gasteiger partial charge >= 0.3 is 0 Å². The molecule has 0 bridgehead atoms. The summed E-state index contributed by atoms with van der Waals surface area (Å²) in [6, 6.07) is 19.2. The summed E-state index contributed by atoms with van der Waals surface area (Å²) in [5.74, 6) is -0.0647. The molecule has 0 aliphatic carbocycles. The minimum Gasteiger partial charge on any atom is -0.494 e. The normalized spacial score (nSPS) is 11.6. The quantitative estimate of drug-likeness (QED) is 0.154. The topological polar surface area (TPSA) is 93.0 Å². The van der Waals surface area contributed by atoms with Crippen molar-refractivity contribution in [2.45, 2.75) is 25.7 Å². The van der Waals surface area contributed by atoms with Crippen LogP contribution in [0.3, 0.4) is 0 Å². The third-order valence-electron chi connectivity index (χ3n) is 6.14. The van der Waals surface area contributed by atoms with Crippen LogP contribution in [0.1, 0.15) is 23.9 Å². The van der Waals surface area contributed by atoms with Gasteiger partial charge in [-0.15, -0.1) is 0 Å². The van der Waals surface area contributed by atoms with Crippen LogP contribution in [0, 0.1) is 13.8 Å². The van der Waals surface area contributed by atoms with Crippen molar-refractivity contribution in [1.29, 1.82) is 0 Å². The van der Waals surface area contributed by atoms with Crippen molar-refractivity contribution >= 4 is 62.6 Å². The maximum atomic E-state index is 13.6. The standard InChI is InChI=1S/C29H27Cl3N4O4S/c1-4-40-25-10-8-24(9-11-25)35(41(38,39)26-12-5-22(30)6-13-26)18-29(37)34-33-17-21-15-19(2)36(20(21)3)28-16-23(31)7-14-27(28)32/h5-17H,4,18H2,1-3H3,(H,34,37)/b33-17-. The minimum atomic E-state index is -4.12. The number of hydrogen-bond donors (Lipinski definition) is 1. The Labute approximate surface area is 254 Å². The molecule has 0 fully saturated rings. The van der Waals surface area contributed by atoms with Gasteiger partial charge in [0, 0.05) is 27.0 Å². The molecule has 8 nitrogen and oxygen atoms in total. The van der Waals surface area contributed by atoms with Crippen LogP contribution in [-0.2, 0) is 14.8 Å². The summed E-state index contributed by atoms with van der Waals surface area (Å²) in [4.78, 5) is 13.0. The van der Waals surface area contributed by atoms with Crippen molar-refractivity contribution in [3.05, 3.63) is 105 Å². The average molecular weight is 634 g/mol. The Balaban J connectivity index is 1.57. The van der Waals surface area contributed by atoms with Crippen LogP contribution < -0.4 is 14.5 Å². The highest BCUT2D eigenvalue weighted by atomic mass is 35.5. The fourth-order valence-corrected chi connectivity index (χ4v) is 6.13. The van der Waals surface area contributed by atoms with Crippen LogP contribution in [-0.4, -0.2) is 38.3 Å². The van der Waals surface area contributed by atoms with Crippen LogP contribution in [0.4, 0.5) is 5.69 Å². The maximum Gasteiger partial charge on any atom is 0.264 e. The Morgan fingerprint density at radius 1 is 0.976 bits per heavy atom. The number of hydrogen-bond acceptors (Lipinski definition) is 5. The highest BCUT2D eigenvalue weighted by Gasteiger charge is 2.27. The lowest BCUT2D eigenvalue weighted by Crippen LogP contribution is -2.39. The van der Waals surface area contributed by atoms with Gasteiger partial charge in [-0.1, -0.05) is 34.8 Å². The van der Waals surface area contributed by atoms with E-state index in [0.29, 0.717) is 27.4 Å². The molecule has 0 saturated heterocycles. The Morgan fingerprint density at radius 2 is 1.63 bits per heavy atom. The highest BCUT2D eigenvalue weighted by molar-refractivity contribution is 7.92. The third-order valence-corrected chi connectivity index (χ3v) is 8.73. The fourth-order valence-electron chi connectivity index (χ4n) is 4.21. The van der Waals surface area contributed by atoms with Crippen molar-refractivity contribution in [2.24, 2.45) is 5.10 Å². The van der Waals surface area contributed by atoms with E-state index >= 15 is 0 Å². The molecular formula is C29H27Cl3N4O4S. The lowest BCUT2D eigenvalue weighted by Gasteiger charge is -2.24. The predicted molar refractivity (Wildman–Crippen MR) is 165 cm³/mol. The van der Waals surface area contributed by atoms with Gasteiger partial charge in [-0.2, -0.15) is 5.10 Å². The van der Waals surface area contributed by atoms with Gasteiger partial charge in [0.2, 0.25) is 0 Å². The molecule has 4 aromatic rings. The first-order valence-electron chi connectivity index (χ1n) is 12.5. The number of aryl methyl sites for hydroxylation is 1. The van der Waals surface area contributed by atoms with Gasteiger partial charge in [0.1, 0.15) is 12.3 Å². The Kier molecular flexibility index (Phi) is 9.65. The zero-order valence-corrected chi connectivity index (χ0v) is 25.5. The van der Waals surface area contributed by atoms with Crippen LogP contribution in [0.15, 0.2) is 82.8 Å². The van der Waals surface area contributed by atoms with Crippen LogP contribution in [0.5, 0.6) is 5.75 Å². The lowest BCUT2D eigenvalue weighted by molar-refractivity contribution is -0.119. The van der Waals surface area contributed by atoms with E-state index < -0.39 is 22.5 Å². The van der Waals surface area contributed by atoms with Crippen LogP contribution in [0.2, 0.25) is 15.1 Å². The summed E-state index contributed by atoms with van der Waals surface area (Å²) < 4.78 is 35.5. The van der Waals surface area contributed by atoms with E-state index in [1.54, 1.807) is 42.5 Å². The third kappa shape index (κ3) is 7.05. The molecule has 12 heteroatoms. The monoisotopic (exact) mass is 632 g/mol. The first-order valence-corrected chi connectivity index (χ1v) is 15.1. The van der Waals surface area contributed by atoms with Crippen molar-refractivity contribution in [2.75, 3.05) is 17.5 Å². The number of hydrazone groups is 1. The number of carbonyl (C=O) groups is 1. The smallest absolute Gasteiger partial charge is 0.264 e. The number of sulfonamides is 1. The first kappa shape index (κ1) is 30.5. The van der Waals surface area contributed by atoms with Gasteiger partial charge in [0.05, 0.1) is 34.1 Å². The number of rotatable bonds is 10. The molecule has 4 rings (SSSR count). The Bertz CT molecular complexity index is 1690. The second-order valence-electron chi connectivity index (χ2n) is 8.94. The second-order valence-corrected chi connectivity index (χ2v) is 12.1. The average Bonchev–Trinajstić information content (AvgIpc) is 3.22. The Morgan fingerprint density at radius 3 is 2.29 bits per heavy atom. The molecule has 0 atom stereocenters. The molecule has 3 aromatic carbocycles. The van der Waals surface area contributed by atoms with E-state index in [9.17, 15) is 13.2 Å². The Hall–Kier alpha value is -3.50. The first-order chi connectivity index (χ1) is 19.5. The van der Waals surface area contributed by atoms with E-state index in [2.05, 4.69) is 10.5 Å². The number of aromatic nitrogens is 1. The van der Waals surface area contributed by atoms with Crippen LogP contribution >= 0.6 is 34.8 Å². The molecule has 1 heterocycles. The zero-order chi connectivity index (χ0) is 29.7. The number of nitrogens with one attached hydrogen (secondary N) is 1. The SMILES string of the molecule is CCOc1ccc(N(CC(=O)N/N=C\c2cc(C)n(-c3cc(Cl)ccc3Cl)c2C)S(=O)(=O)c2ccc(Cl)cc2)cc1. The largest absolute Gasteiger partial charge is 0.494 e. The number of carbonyl (C=O) groups excluding carboxylic acids is 1. The van der Waals surface area contributed by atoms with E-state index in [1.807, 2.05) is 31.4 Å². The molecule has 0 saturated carbocycles. The van der Waals surface area contributed by atoms with Gasteiger partial charge < -0.3 is 9.30 Å². The fraction of sp³-hybridized carbons (Fsp3) is 0.172. The maximum absolute atomic E-state index is 13.6. The molecule has 1 N–H and O–H groups in total. The van der Waals surface area contributed by atoms with Crippen molar-refractivity contribution < 1.29 is 17.9 Å². The number of amides is 1. The zero-order valence-electron chi connectivity index (χ0n) is 22.4. The summed E-state index contributed by atoms with van der Waals surface area (Å²) >= 11 is 18.5. The molecule has 0 spiro atoms. The summed E-state index contributed by atoms with van der Waals surface area (Å²) in [7, 11) is -4.12. The number of halogens is 3. The highest BCUT2D eigenvalue weighted by Crippen LogP contribution is 2.29. The van der Waals surface area contributed by atoms with Crippen molar-refractivity contribution in [3.63, 3.8) is 0 Å². The lowest BCUT2D eigenvalue weighted by atomic mass is 10.2. The number of ether oxygens (including phenoxy) is 1. The molecule has 0 aliphatic rings. The van der Waals surface area contributed by atoms with Crippen molar-refractivity contribution in [1.82, 2.24) is 9.99 Å². The molecule has 1 aromatic heterocycles. The van der Waals surface area contributed by atoms with Gasteiger partial charge in [0.15, 0.2) is 0 Å². The molecule has 41 heavy (non-hydrogen) atoms. The summed E-state index contributed by atoms with van der Waals surface area (Å²) in [5, 5.41) is 5.55. The molecular weight excluding hydrogens is 607 g/mol. The van der Waals surface area contributed by atoms with E-state index in [0.717, 1.165) is 26.9 Å². The van der Waals surface area contributed by atoms with Gasteiger partial charge in [-0.3, -0.25) is 9.10 Å². The molecule has 0 radical (unpaired) electrons. The van der Waals surface area contributed by atoms with Crippen LogP contribution in [0.25, 0.3) is 5.69 Å². The van der Waals surface area contributed by atoms with E-state index in [1.165, 1.54) is 30.5 Å². The van der Waals surface area contributed by atoms with Gasteiger partial charge in [0.25, 0.3) is 15.9 Å². The summed E-state index contributed by atoms with van der Waals surface area (Å²) in [6.07, 6.45) is 1.49. The number of anilines is 1.